The van der Waals surface area contributed by atoms with Gasteiger partial charge in [0.1, 0.15) is 12.0 Å². The van der Waals surface area contributed by atoms with Crippen molar-refractivity contribution in [1.29, 1.82) is 0 Å². The largest absolute Gasteiger partial charge is 0.869 e. The first-order valence-corrected chi connectivity index (χ1v) is 10.9. The van der Waals surface area contributed by atoms with Crippen LogP contribution in [0.15, 0.2) is 23.3 Å². The van der Waals surface area contributed by atoms with Crippen molar-refractivity contribution in [2.75, 3.05) is 7.11 Å². The van der Waals surface area contributed by atoms with Crippen molar-refractivity contribution in [2.24, 2.45) is 11.3 Å². The van der Waals surface area contributed by atoms with E-state index in [0.29, 0.717) is 24.7 Å². The van der Waals surface area contributed by atoms with Crippen LogP contribution in [0.4, 0.5) is 0 Å². The molecule has 0 fully saturated rings. The van der Waals surface area contributed by atoms with Crippen LogP contribution in [0.3, 0.4) is 0 Å². The number of benzene rings is 1. The molecule has 2 atom stereocenters. The predicted molar refractivity (Wildman–Crippen MR) is 118 cm³/mol. The highest BCUT2D eigenvalue weighted by molar-refractivity contribution is 6.22. The van der Waals surface area contributed by atoms with E-state index >= 15 is 0 Å². The number of ether oxygens (including phenoxy) is 1. The third-order valence-corrected chi connectivity index (χ3v) is 6.76. The molecule has 0 radical (unpaired) electrons. The molecular weight excluding hydrogens is 392 g/mol. The molecule has 0 amide bonds. The van der Waals surface area contributed by atoms with Gasteiger partial charge in [0.15, 0.2) is 11.6 Å². The molecule has 0 spiro atoms. The second-order valence-corrected chi connectivity index (χ2v) is 9.47. The van der Waals surface area contributed by atoms with Gasteiger partial charge >= 0.3 is 0 Å². The highest BCUT2D eigenvalue weighted by Gasteiger charge is 2.53. The maximum Gasteiger partial charge on any atom is 0.170 e. The van der Waals surface area contributed by atoms with E-state index in [1.807, 2.05) is 20.8 Å². The minimum absolute atomic E-state index is 0.00234. The number of ketones is 2. The normalized spacial score (nSPS) is 22.5. The summed E-state index contributed by atoms with van der Waals surface area (Å²) in [6.07, 6.45) is 7.33. The Morgan fingerprint density at radius 2 is 1.97 bits per heavy atom. The molecule has 1 aromatic rings. The number of methoxy groups -OCH3 is 1. The standard InChI is InChI=1S/C26H32O5/c1-14(2)8-7-9-16-10-11-26(5)18(12-16)23(29)20-17(13-27)22(28)24(31-6)19(15(3)4)21(20)25(26)30/h8,10,13,15,18,28H,7,9,11-12H2,1-6H3/p-1. The van der Waals surface area contributed by atoms with Crippen molar-refractivity contribution in [2.45, 2.75) is 66.2 Å². The molecule has 0 saturated carbocycles. The summed E-state index contributed by atoms with van der Waals surface area (Å²) in [4.78, 5) is 39.4. The fraction of sp³-hybridized carbons (Fsp3) is 0.500. The number of rotatable bonds is 6. The van der Waals surface area contributed by atoms with Crippen LogP contribution in [0.1, 0.15) is 103 Å². The van der Waals surface area contributed by atoms with Gasteiger partial charge in [-0.1, -0.05) is 49.8 Å². The first-order valence-electron chi connectivity index (χ1n) is 10.9. The quantitative estimate of drug-likeness (QED) is 0.465. The van der Waals surface area contributed by atoms with Crippen molar-refractivity contribution in [1.82, 2.24) is 0 Å². The molecule has 166 valence electrons. The number of carbonyl (C=O) groups is 3. The molecule has 31 heavy (non-hydrogen) atoms. The Labute approximate surface area is 184 Å². The average Bonchev–Trinajstić information content (AvgIpc) is 2.71. The van der Waals surface area contributed by atoms with Gasteiger partial charge < -0.3 is 9.84 Å². The van der Waals surface area contributed by atoms with E-state index in [4.69, 9.17) is 4.74 Å². The molecule has 0 heterocycles. The zero-order chi connectivity index (χ0) is 23.1. The van der Waals surface area contributed by atoms with Crippen molar-refractivity contribution < 1.29 is 24.2 Å². The highest BCUT2D eigenvalue weighted by atomic mass is 16.5. The number of allylic oxidation sites excluding steroid dienone is 4. The minimum Gasteiger partial charge on any atom is -0.869 e. The SMILES string of the molecule is COc1c([O-])c(C=O)c2c(c1C(C)C)C(=O)C1(C)CC=C(CCC=C(C)C)CC1C2=O. The van der Waals surface area contributed by atoms with Crippen molar-refractivity contribution in [3.8, 4) is 11.5 Å². The van der Waals surface area contributed by atoms with Crippen molar-refractivity contribution in [3.63, 3.8) is 0 Å². The van der Waals surface area contributed by atoms with Crippen LogP contribution < -0.4 is 9.84 Å². The Morgan fingerprint density at radius 1 is 1.29 bits per heavy atom. The Balaban J connectivity index is 2.18. The van der Waals surface area contributed by atoms with E-state index in [1.165, 1.54) is 12.7 Å². The Morgan fingerprint density at radius 3 is 2.52 bits per heavy atom. The predicted octanol–water partition coefficient (Wildman–Crippen LogP) is 5.17. The molecule has 3 rings (SSSR count). The molecule has 5 heteroatoms. The summed E-state index contributed by atoms with van der Waals surface area (Å²) in [5.41, 5.74) is 1.90. The summed E-state index contributed by atoms with van der Waals surface area (Å²) < 4.78 is 5.33. The number of carbonyl (C=O) groups excluding carboxylic acids is 3. The lowest BCUT2D eigenvalue weighted by atomic mass is 9.57. The lowest BCUT2D eigenvalue weighted by Crippen LogP contribution is -2.48. The molecule has 0 aliphatic heterocycles. The summed E-state index contributed by atoms with van der Waals surface area (Å²) in [5, 5.41) is 13.0. The number of Topliss-reactive ketones (excluding diaryl/α,β-unsaturated/α-hetero) is 2. The van der Waals surface area contributed by atoms with Crippen LogP contribution in [0.2, 0.25) is 0 Å². The van der Waals surface area contributed by atoms with Crippen molar-refractivity contribution in [3.05, 3.63) is 45.6 Å². The maximum absolute atomic E-state index is 13.8. The Hall–Kier alpha value is -2.69. The van der Waals surface area contributed by atoms with Gasteiger partial charge in [0.05, 0.1) is 7.11 Å². The van der Waals surface area contributed by atoms with Crippen LogP contribution >= 0.6 is 0 Å². The second-order valence-electron chi connectivity index (χ2n) is 9.47. The summed E-state index contributed by atoms with van der Waals surface area (Å²) in [6.45, 7) is 9.65. The molecule has 0 N–H and O–H groups in total. The summed E-state index contributed by atoms with van der Waals surface area (Å²) >= 11 is 0. The summed E-state index contributed by atoms with van der Waals surface area (Å²) in [5.74, 6) is -1.84. The van der Waals surface area contributed by atoms with Crippen LogP contribution in [0.25, 0.3) is 0 Å². The topological polar surface area (TPSA) is 83.5 Å². The minimum atomic E-state index is -0.886. The van der Waals surface area contributed by atoms with Gasteiger partial charge in [0.25, 0.3) is 0 Å². The smallest absolute Gasteiger partial charge is 0.170 e. The number of hydrogen-bond donors (Lipinski definition) is 0. The van der Waals surface area contributed by atoms with Gasteiger partial charge in [-0.2, -0.15) is 0 Å². The van der Waals surface area contributed by atoms with Gasteiger partial charge in [-0.05, 0) is 45.4 Å². The lowest BCUT2D eigenvalue weighted by molar-refractivity contribution is -0.270. The second kappa shape index (κ2) is 8.45. The van der Waals surface area contributed by atoms with Crippen molar-refractivity contribution >= 4 is 17.9 Å². The van der Waals surface area contributed by atoms with Crippen LogP contribution in [-0.2, 0) is 0 Å². The first-order chi connectivity index (χ1) is 14.6. The van der Waals surface area contributed by atoms with Gasteiger partial charge in [-0.15, -0.1) is 0 Å². The average molecular weight is 424 g/mol. The fourth-order valence-corrected chi connectivity index (χ4v) is 5.01. The third kappa shape index (κ3) is 3.64. The summed E-state index contributed by atoms with van der Waals surface area (Å²) in [6, 6.07) is 0. The Bertz CT molecular complexity index is 1010. The van der Waals surface area contributed by atoms with E-state index in [0.717, 1.165) is 18.4 Å². The number of aldehydes is 1. The highest BCUT2D eigenvalue weighted by Crippen LogP contribution is 2.53. The molecule has 2 aliphatic carbocycles. The summed E-state index contributed by atoms with van der Waals surface area (Å²) in [7, 11) is 1.35. The molecule has 5 nitrogen and oxygen atoms in total. The third-order valence-electron chi connectivity index (χ3n) is 6.76. The number of hydrogen-bond acceptors (Lipinski definition) is 5. The zero-order valence-corrected chi connectivity index (χ0v) is 19.3. The molecule has 2 unspecified atom stereocenters. The zero-order valence-electron chi connectivity index (χ0n) is 19.3. The molecule has 2 aliphatic rings. The van der Waals surface area contributed by atoms with Crippen LogP contribution in [0, 0.1) is 11.3 Å². The fourth-order valence-electron chi connectivity index (χ4n) is 5.01. The molecule has 0 saturated heterocycles. The van der Waals surface area contributed by atoms with E-state index in [1.54, 1.807) is 0 Å². The van der Waals surface area contributed by atoms with Crippen LogP contribution in [-0.4, -0.2) is 25.0 Å². The van der Waals surface area contributed by atoms with E-state index < -0.39 is 17.1 Å². The van der Waals surface area contributed by atoms with E-state index in [-0.39, 0.29) is 39.9 Å². The van der Waals surface area contributed by atoms with Gasteiger partial charge in [0, 0.05) is 33.6 Å². The Kier molecular flexibility index (Phi) is 6.26. The molecule has 0 aromatic heterocycles. The maximum atomic E-state index is 13.8. The van der Waals surface area contributed by atoms with Gasteiger partial charge in [0.2, 0.25) is 0 Å². The first kappa shape index (κ1) is 23.0. The van der Waals surface area contributed by atoms with Gasteiger partial charge in [-0.3, -0.25) is 14.4 Å². The van der Waals surface area contributed by atoms with E-state index in [9.17, 15) is 19.5 Å². The molecule has 0 bridgehead atoms. The number of fused-ring (bicyclic) bond motifs is 2. The van der Waals surface area contributed by atoms with Gasteiger partial charge in [-0.25, -0.2) is 0 Å². The molecule has 1 aromatic carbocycles. The monoisotopic (exact) mass is 423 g/mol. The van der Waals surface area contributed by atoms with Crippen LogP contribution in [0.5, 0.6) is 11.5 Å². The molecular formula is C26H31O5-. The van der Waals surface area contributed by atoms with E-state index in [2.05, 4.69) is 26.0 Å². The lowest BCUT2D eigenvalue weighted by Gasteiger charge is -2.44.